The van der Waals surface area contributed by atoms with Gasteiger partial charge in [-0.3, -0.25) is 9.59 Å². The van der Waals surface area contributed by atoms with Gasteiger partial charge in [0.1, 0.15) is 17.9 Å². The Kier molecular flexibility index (Phi) is 3.98. The van der Waals surface area contributed by atoms with Gasteiger partial charge in [-0.1, -0.05) is 30.3 Å². The van der Waals surface area contributed by atoms with Gasteiger partial charge in [0.2, 0.25) is 11.6 Å². The highest BCUT2D eigenvalue weighted by Gasteiger charge is 2.48. The quantitative estimate of drug-likeness (QED) is 0.828. The number of carbonyl (C=O) groups excluding carboxylic acids is 2. The smallest absolute Gasteiger partial charge is 0.224 e. The summed E-state index contributed by atoms with van der Waals surface area (Å²) in [5.41, 5.74) is 1.65. The third kappa shape index (κ3) is 2.89. The highest BCUT2D eigenvalue weighted by Crippen LogP contribution is 2.19. The first-order chi connectivity index (χ1) is 10.6. The molecule has 2 aromatic carbocycles. The summed E-state index contributed by atoms with van der Waals surface area (Å²) in [5.74, 6) is -1.22. The van der Waals surface area contributed by atoms with Crippen molar-refractivity contribution in [3.63, 3.8) is 0 Å². The van der Waals surface area contributed by atoms with Crippen LogP contribution in [0.2, 0.25) is 0 Å². The van der Waals surface area contributed by atoms with E-state index in [2.05, 4.69) is 10.6 Å². The molecule has 1 saturated carbocycles. The Balaban J connectivity index is 1.64. The lowest BCUT2D eigenvalue weighted by Gasteiger charge is -2.35. The van der Waals surface area contributed by atoms with Crippen molar-refractivity contribution in [1.82, 2.24) is 5.32 Å². The van der Waals surface area contributed by atoms with E-state index < -0.39 is 23.7 Å². The molecular formula is C17H15FN2O2. The minimum Gasteiger partial charge on any atom is -0.373 e. The van der Waals surface area contributed by atoms with E-state index in [-0.39, 0.29) is 5.82 Å². The van der Waals surface area contributed by atoms with Crippen LogP contribution in [0.4, 0.5) is 10.1 Å². The lowest BCUT2D eigenvalue weighted by Crippen LogP contribution is -2.66. The number of halogens is 1. The SMILES string of the molecule is O=C1C(=O)C(Nc2ccc(F)cc2)C1NCc1ccccc1. The number of carbonyl (C=O) groups is 2. The Morgan fingerprint density at radius 1 is 0.864 bits per heavy atom. The van der Waals surface area contributed by atoms with Crippen molar-refractivity contribution in [3.8, 4) is 0 Å². The molecule has 2 atom stereocenters. The number of ketones is 2. The van der Waals surface area contributed by atoms with Crippen LogP contribution in [-0.2, 0) is 16.1 Å². The summed E-state index contributed by atoms with van der Waals surface area (Å²) in [7, 11) is 0. The van der Waals surface area contributed by atoms with Crippen molar-refractivity contribution >= 4 is 17.3 Å². The van der Waals surface area contributed by atoms with E-state index in [1.165, 1.54) is 12.1 Å². The molecule has 0 amide bonds. The molecule has 1 aliphatic rings. The number of rotatable bonds is 5. The number of hydrogen-bond acceptors (Lipinski definition) is 4. The molecule has 1 fully saturated rings. The highest BCUT2D eigenvalue weighted by atomic mass is 19.1. The van der Waals surface area contributed by atoms with Gasteiger partial charge in [-0.25, -0.2) is 4.39 Å². The summed E-state index contributed by atoms with van der Waals surface area (Å²) in [6, 6.07) is 14.2. The topological polar surface area (TPSA) is 58.2 Å². The van der Waals surface area contributed by atoms with Gasteiger partial charge < -0.3 is 10.6 Å². The fourth-order valence-corrected chi connectivity index (χ4v) is 2.42. The highest BCUT2D eigenvalue weighted by molar-refractivity contribution is 6.49. The van der Waals surface area contributed by atoms with Crippen LogP contribution in [0.1, 0.15) is 5.56 Å². The first kappa shape index (κ1) is 14.4. The third-order valence-electron chi connectivity index (χ3n) is 3.68. The second kappa shape index (κ2) is 6.07. The lowest BCUT2D eigenvalue weighted by molar-refractivity contribution is -0.145. The van der Waals surface area contributed by atoms with Crippen LogP contribution in [0.15, 0.2) is 54.6 Å². The zero-order valence-corrected chi connectivity index (χ0v) is 11.8. The average molecular weight is 298 g/mol. The van der Waals surface area contributed by atoms with Crippen molar-refractivity contribution in [1.29, 1.82) is 0 Å². The molecule has 0 radical (unpaired) electrons. The van der Waals surface area contributed by atoms with Crippen LogP contribution in [0.25, 0.3) is 0 Å². The fourth-order valence-electron chi connectivity index (χ4n) is 2.42. The molecule has 0 aliphatic heterocycles. The van der Waals surface area contributed by atoms with Crippen molar-refractivity contribution in [2.45, 2.75) is 18.6 Å². The molecular weight excluding hydrogens is 283 g/mol. The van der Waals surface area contributed by atoms with E-state index in [1.807, 2.05) is 30.3 Å². The number of nitrogens with one attached hydrogen (secondary N) is 2. The molecule has 0 bridgehead atoms. The van der Waals surface area contributed by atoms with Gasteiger partial charge in [0.05, 0.1) is 0 Å². The second-order valence-corrected chi connectivity index (χ2v) is 5.20. The average Bonchev–Trinajstić information content (AvgIpc) is 2.56. The first-order valence-corrected chi connectivity index (χ1v) is 7.02. The maximum absolute atomic E-state index is 12.9. The van der Waals surface area contributed by atoms with Gasteiger partial charge in [-0.2, -0.15) is 0 Å². The molecule has 0 saturated heterocycles. The van der Waals surface area contributed by atoms with Gasteiger partial charge in [-0.05, 0) is 29.8 Å². The van der Waals surface area contributed by atoms with Crippen molar-refractivity contribution in [2.24, 2.45) is 0 Å². The third-order valence-corrected chi connectivity index (χ3v) is 3.68. The van der Waals surface area contributed by atoms with E-state index in [0.29, 0.717) is 12.2 Å². The Bertz CT molecular complexity index is 686. The Hall–Kier alpha value is -2.53. The van der Waals surface area contributed by atoms with E-state index in [4.69, 9.17) is 0 Å². The maximum Gasteiger partial charge on any atom is 0.224 e. The number of benzene rings is 2. The maximum atomic E-state index is 12.9. The monoisotopic (exact) mass is 298 g/mol. The van der Waals surface area contributed by atoms with E-state index in [0.717, 1.165) is 5.56 Å². The zero-order valence-electron chi connectivity index (χ0n) is 11.8. The molecule has 2 N–H and O–H groups in total. The summed E-state index contributed by atoms with van der Waals surface area (Å²) in [4.78, 5) is 23.5. The summed E-state index contributed by atoms with van der Waals surface area (Å²) in [6.45, 7) is 0.506. The molecule has 3 rings (SSSR count). The molecule has 1 aliphatic carbocycles. The standard InChI is InChI=1S/C17H15FN2O2/c18-12-6-8-13(9-7-12)20-15-14(16(21)17(15)22)19-10-11-4-2-1-3-5-11/h1-9,14-15,19-20H,10H2. The fraction of sp³-hybridized carbons (Fsp3) is 0.176. The predicted octanol–water partition coefficient (Wildman–Crippen LogP) is 1.92. The summed E-state index contributed by atoms with van der Waals surface area (Å²) < 4.78 is 12.9. The molecule has 112 valence electrons. The zero-order chi connectivity index (χ0) is 15.5. The normalized spacial score (nSPS) is 20.6. The Labute approximate surface area is 127 Å². The number of hydrogen-bond donors (Lipinski definition) is 2. The lowest BCUT2D eigenvalue weighted by atomic mass is 9.82. The number of anilines is 1. The van der Waals surface area contributed by atoms with E-state index in [9.17, 15) is 14.0 Å². The predicted molar refractivity (Wildman–Crippen MR) is 80.9 cm³/mol. The van der Waals surface area contributed by atoms with Crippen LogP contribution in [0.3, 0.4) is 0 Å². The molecule has 0 aromatic heterocycles. The van der Waals surface area contributed by atoms with Crippen LogP contribution < -0.4 is 10.6 Å². The second-order valence-electron chi connectivity index (χ2n) is 5.20. The minimum absolute atomic E-state index is 0.347. The van der Waals surface area contributed by atoms with Crippen LogP contribution in [0.5, 0.6) is 0 Å². The number of Topliss-reactive ketones (excluding diaryl/α,β-unsaturated/α-hetero) is 2. The van der Waals surface area contributed by atoms with Gasteiger partial charge in [0.15, 0.2) is 0 Å². The molecule has 5 heteroatoms. The van der Waals surface area contributed by atoms with Crippen LogP contribution >= 0.6 is 0 Å². The van der Waals surface area contributed by atoms with Crippen LogP contribution in [0, 0.1) is 5.82 Å². The first-order valence-electron chi connectivity index (χ1n) is 7.02. The minimum atomic E-state index is -0.610. The molecule has 0 heterocycles. The molecule has 2 aromatic rings. The summed E-state index contributed by atoms with van der Waals surface area (Å²) in [5, 5.41) is 6.06. The van der Waals surface area contributed by atoms with Crippen molar-refractivity contribution in [3.05, 3.63) is 66.0 Å². The van der Waals surface area contributed by atoms with Gasteiger partial charge >= 0.3 is 0 Å². The largest absolute Gasteiger partial charge is 0.373 e. The van der Waals surface area contributed by atoms with E-state index >= 15 is 0 Å². The summed E-state index contributed by atoms with van der Waals surface area (Å²) >= 11 is 0. The van der Waals surface area contributed by atoms with E-state index in [1.54, 1.807) is 12.1 Å². The van der Waals surface area contributed by atoms with Gasteiger partial charge in [0, 0.05) is 12.2 Å². The summed E-state index contributed by atoms with van der Waals surface area (Å²) in [6.07, 6.45) is 0. The Morgan fingerprint density at radius 2 is 1.50 bits per heavy atom. The molecule has 22 heavy (non-hydrogen) atoms. The van der Waals surface area contributed by atoms with Crippen LogP contribution in [-0.4, -0.2) is 23.7 Å². The Morgan fingerprint density at radius 3 is 2.18 bits per heavy atom. The molecule has 2 unspecified atom stereocenters. The molecule has 4 nitrogen and oxygen atoms in total. The van der Waals surface area contributed by atoms with Crippen molar-refractivity contribution in [2.75, 3.05) is 5.32 Å². The van der Waals surface area contributed by atoms with Gasteiger partial charge in [-0.15, -0.1) is 0 Å². The van der Waals surface area contributed by atoms with Crippen molar-refractivity contribution < 1.29 is 14.0 Å². The molecule has 0 spiro atoms. The van der Waals surface area contributed by atoms with Gasteiger partial charge in [0.25, 0.3) is 0 Å².